The van der Waals surface area contributed by atoms with E-state index in [0.717, 1.165) is 12.1 Å². The van der Waals surface area contributed by atoms with Crippen molar-refractivity contribution in [2.75, 3.05) is 6.54 Å². The first-order chi connectivity index (χ1) is 9.01. The quantitative estimate of drug-likeness (QED) is 0.725. The molecule has 0 radical (unpaired) electrons. The molecule has 0 bridgehead atoms. The molecule has 19 heavy (non-hydrogen) atoms. The van der Waals surface area contributed by atoms with Crippen LogP contribution < -0.4 is 5.32 Å². The van der Waals surface area contributed by atoms with Crippen molar-refractivity contribution >= 4 is 39.8 Å². The number of carbonyl (C=O) groups is 1. The third-order valence-electron chi connectivity index (χ3n) is 3.96. The highest BCUT2D eigenvalue weighted by Gasteiger charge is 2.34. The van der Waals surface area contributed by atoms with Crippen LogP contribution in [0.4, 0.5) is 0 Å². The lowest BCUT2D eigenvalue weighted by molar-refractivity contribution is 0.0922. The molecule has 0 unspecified atom stereocenters. The van der Waals surface area contributed by atoms with Crippen LogP contribution in [0.5, 0.6) is 0 Å². The highest BCUT2D eigenvalue weighted by molar-refractivity contribution is 14.1. The van der Waals surface area contributed by atoms with Gasteiger partial charge >= 0.3 is 0 Å². The topological polar surface area (TPSA) is 29.1 Å². The zero-order valence-electron chi connectivity index (χ0n) is 11.7. The minimum atomic E-state index is 0.0918. The second-order valence-corrected chi connectivity index (χ2v) is 8.93. The van der Waals surface area contributed by atoms with Gasteiger partial charge in [-0.25, -0.2) is 0 Å². The lowest BCUT2D eigenvalue weighted by Gasteiger charge is -2.31. The zero-order valence-corrected chi connectivity index (χ0v) is 14.6. The minimum Gasteiger partial charge on any atom is -0.351 e. The molecule has 0 aromatic carbocycles. The molecular weight excluding hydrogens is 369 g/mol. The fourth-order valence-electron chi connectivity index (χ4n) is 3.24. The lowest BCUT2D eigenvalue weighted by Crippen LogP contribution is -2.36. The van der Waals surface area contributed by atoms with Crippen LogP contribution in [0.3, 0.4) is 0 Å². The molecule has 1 heterocycles. The number of halogens is 1. The molecule has 1 aliphatic carbocycles. The first-order valence-corrected chi connectivity index (χ1v) is 8.99. The van der Waals surface area contributed by atoms with Crippen LogP contribution in [-0.2, 0) is 0 Å². The van der Waals surface area contributed by atoms with Crippen molar-refractivity contribution in [2.45, 2.75) is 46.0 Å². The fourth-order valence-corrected chi connectivity index (χ4v) is 4.57. The van der Waals surface area contributed by atoms with Gasteiger partial charge in [-0.05, 0) is 59.3 Å². The Kier molecular flexibility index (Phi) is 5.29. The van der Waals surface area contributed by atoms with Crippen molar-refractivity contribution < 1.29 is 4.79 Å². The van der Waals surface area contributed by atoms with Crippen molar-refractivity contribution in [3.8, 4) is 0 Å². The summed E-state index contributed by atoms with van der Waals surface area (Å²) in [4.78, 5) is 12.1. The SMILES string of the molecule is CC(C)CC1(CNC(=O)c2csc(I)c2)CCCC1. The van der Waals surface area contributed by atoms with Gasteiger partial charge in [-0.3, -0.25) is 4.79 Å². The maximum atomic E-state index is 12.1. The largest absolute Gasteiger partial charge is 0.351 e. The molecule has 2 rings (SSSR count). The number of carbonyl (C=O) groups excluding carboxylic acids is 1. The van der Waals surface area contributed by atoms with Gasteiger partial charge in [0.2, 0.25) is 0 Å². The fraction of sp³-hybridized carbons (Fsp3) is 0.667. The average Bonchev–Trinajstić information content (AvgIpc) is 2.95. The summed E-state index contributed by atoms with van der Waals surface area (Å²) in [6, 6.07) is 1.96. The predicted molar refractivity (Wildman–Crippen MR) is 89.7 cm³/mol. The minimum absolute atomic E-state index is 0.0918. The van der Waals surface area contributed by atoms with E-state index in [9.17, 15) is 4.79 Å². The number of thiophene rings is 1. The summed E-state index contributed by atoms with van der Waals surface area (Å²) in [6.07, 6.45) is 6.41. The number of nitrogens with one attached hydrogen (secondary N) is 1. The second kappa shape index (κ2) is 6.57. The van der Waals surface area contributed by atoms with E-state index in [4.69, 9.17) is 0 Å². The smallest absolute Gasteiger partial charge is 0.252 e. The van der Waals surface area contributed by atoms with E-state index < -0.39 is 0 Å². The summed E-state index contributed by atoms with van der Waals surface area (Å²) in [5, 5.41) is 5.11. The Morgan fingerprint density at radius 2 is 2.16 bits per heavy atom. The van der Waals surface area contributed by atoms with Crippen LogP contribution in [0.1, 0.15) is 56.3 Å². The molecule has 1 aromatic rings. The van der Waals surface area contributed by atoms with Gasteiger partial charge in [0.05, 0.1) is 8.45 Å². The molecule has 4 heteroatoms. The molecule has 1 aliphatic rings. The molecule has 1 fully saturated rings. The van der Waals surface area contributed by atoms with E-state index in [2.05, 4.69) is 41.8 Å². The predicted octanol–water partition coefficient (Wildman–Crippen LogP) is 4.69. The Morgan fingerprint density at radius 1 is 1.47 bits per heavy atom. The van der Waals surface area contributed by atoms with Gasteiger partial charge in [-0.1, -0.05) is 26.7 Å². The Labute approximate surface area is 133 Å². The molecule has 1 aromatic heterocycles. The highest BCUT2D eigenvalue weighted by Crippen LogP contribution is 2.42. The summed E-state index contributed by atoms with van der Waals surface area (Å²) in [6.45, 7) is 5.41. The summed E-state index contributed by atoms with van der Waals surface area (Å²) in [7, 11) is 0. The van der Waals surface area contributed by atoms with Gasteiger partial charge in [-0.2, -0.15) is 0 Å². The molecule has 0 aliphatic heterocycles. The standard InChI is InChI=1S/C15H22INOS/c1-11(2)8-15(5-3-4-6-15)10-17-14(18)12-7-13(16)19-9-12/h7,9,11H,3-6,8,10H2,1-2H3,(H,17,18). The van der Waals surface area contributed by atoms with Crippen molar-refractivity contribution in [1.82, 2.24) is 5.32 Å². The van der Waals surface area contributed by atoms with E-state index in [1.54, 1.807) is 11.3 Å². The zero-order chi connectivity index (χ0) is 13.9. The third-order valence-corrected chi connectivity index (χ3v) is 5.75. The molecular formula is C15H22INOS. The normalized spacial score (nSPS) is 17.9. The molecule has 0 spiro atoms. The van der Waals surface area contributed by atoms with Crippen LogP contribution >= 0.6 is 33.9 Å². The van der Waals surface area contributed by atoms with E-state index in [1.807, 2.05) is 11.4 Å². The summed E-state index contributed by atoms with van der Waals surface area (Å²) >= 11 is 3.88. The monoisotopic (exact) mass is 391 g/mol. The first kappa shape index (κ1) is 15.3. The Bertz CT molecular complexity index is 435. The Hall–Kier alpha value is -0.100. The first-order valence-electron chi connectivity index (χ1n) is 7.03. The van der Waals surface area contributed by atoms with Gasteiger partial charge in [0.1, 0.15) is 0 Å². The molecule has 106 valence electrons. The van der Waals surface area contributed by atoms with Gasteiger partial charge in [0, 0.05) is 11.9 Å². The van der Waals surface area contributed by atoms with E-state index in [1.165, 1.54) is 35.0 Å². The molecule has 1 amide bonds. The van der Waals surface area contributed by atoms with Gasteiger partial charge in [-0.15, -0.1) is 11.3 Å². The number of rotatable bonds is 5. The number of hydrogen-bond donors (Lipinski definition) is 1. The summed E-state index contributed by atoms with van der Waals surface area (Å²) in [5.74, 6) is 0.797. The van der Waals surface area contributed by atoms with Crippen LogP contribution in [0.25, 0.3) is 0 Å². The van der Waals surface area contributed by atoms with Gasteiger partial charge < -0.3 is 5.32 Å². The molecule has 1 saturated carbocycles. The van der Waals surface area contributed by atoms with Crippen molar-refractivity contribution in [3.05, 3.63) is 19.9 Å². The second-order valence-electron chi connectivity index (χ2n) is 6.13. The summed E-state index contributed by atoms with van der Waals surface area (Å²) in [5.41, 5.74) is 1.17. The molecule has 0 atom stereocenters. The lowest BCUT2D eigenvalue weighted by atomic mass is 9.78. The van der Waals surface area contributed by atoms with Crippen LogP contribution in [0, 0.1) is 14.2 Å². The number of hydrogen-bond acceptors (Lipinski definition) is 2. The summed E-state index contributed by atoms with van der Waals surface area (Å²) < 4.78 is 1.17. The highest BCUT2D eigenvalue weighted by atomic mass is 127. The number of amides is 1. The Morgan fingerprint density at radius 3 is 2.68 bits per heavy atom. The molecule has 2 nitrogen and oxygen atoms in total. The Balaban J connectivity index is 1.94. The van der Waals surface area contributed by atoms with E-state index >= 15 is 0 Å². The van der Waals surface area contributed by atoms with E-state index in [0.29, 0.717) is 11.3 Å². The van der Waals surface area contributed by atoms with Crippen molar-refractivity contribution in [2.24, 2.45) is 11.3 Å². The van der Waals surface area contributed by atoms with Crippen LogP contribution in [0.15, 0.2) is 11.4 Å². The van der Waals surface area contributed by atoms with Gasteiger partial charge in [0.15, 0.2) is 0 Å². The van der Waals surface area contributed by atoms with Crippen molar-refractivity contribution in [1.29, 1.82) is 0 Å². The molecule has 0 saturated heterocycles. The average molecular weight is 391 g/mol. The maximum Gasteiger partial charge on any atom is 0.252 e. The molecule has 1 N–H and O–H groups in total. The van der Waals surface area contributed by atoms with E-state index in [-0.39, 0.29) is 5.91 Å². The maximum absolute atomic E-state index is 12.1. The van der Waals surface area contributed by atoms with Crippen LogP contribution in [0.2, 0.25) is 0 Å². The van der Waals surface area contributed by atoms with Crippen LogP contribution in [-0.4, -0.2) is 12.5 Å². The van der Waals surface area contributed by atoms with Gasteiger partial charge in [0.25, 0.3) is 5.91 Å². The van der Waals surface area contributed by atoms with Crippen molar-refractivity contribution in [3.63, 3.8) is 0 Å². The third kappa shape index (κ3) is 4.18.